The van der Waals surface area contributed by atoms with Crippen LogP contribution in [-0.4, -0.2) is 4.92 Å². The number of nitrogens with one attached hydrogen (secondary N) is 1. The fourth-order valence-corrected chi connectivity index (χ4v) is 2.37. The lowest BCUT2D eigenvalue weighted by Crippen LogP contribution is -2.07. The monoisotopic (exact) mass is 354 g/mol. The van der Waals surface area contributed by atoms with Gasteiger partial charge in [0.05, 0.1) is 20.1 Å². The largest absolute Gasteiger partial charge is 0.378 e. The molecule has 0 aromatic heterocycles. The number of benzene rings is 2. The molecule has 0 saturated carbocycles. The van der Waals surface area contributed by atoms with Crippen LogP contribution in [0.3, 0.4) is 0 Å². The molecule has 0 saturated heterocycles. The van der Waals surface area contributed by atoms with Crippen molar-refractivity contribution >= 4 is 38.9 Å². The highest BCUT2D eigenvalue weighted by molar-refractivity contribution is 9.10. The summed E-state index contributed by atoms with van der Waals surface area (Å²) in [4.78, 5) is 10.2. The zero-order chi connectivity index (χ0) is 14.7. The molecule has 0 amide bonds. The van der Waals surface area contributed by atoms with Gasteiger partial charge < -0.3 is 5.32 Å². The third-order valence-electron chi connectivity index (χ3n) is 2.93. The van der Waals surface area contributed by atoms with Crippen molar-refractivity contribution in [2.45, 2.75) is 13.0 Å². The minimum Gasteiger partial charge on any atom is -0.378 e. The van der Waals surface area contributed by atoms with E-state index in [0.717, 1.165) is 15.7 Å². The molecule has 0 spiro atoms. The highest BCUT2D eigenvalue weighted by Gasteiger charge is 2.11. The van der Waals surface area contributed by atoms with E-state index in [4.69, 9.17) is 11.6 Å². The van der Waals surface area contributed by atoms with Crippen LogP contribution in [0.4, 0.5) is 11.4 Å². The molecule has 20 heavy (non-hydrogen) atoms. The van der Waals surface area contributed by atoms with E-state index in [1.807, 2.05) is 19.1 Å². The van der Waals surface area contributed by atoms with Gasteiger partial charge in [-0.2, -0.15) is 0 Å². The Labute approximate surface area is 130 Å². The Bertz CT molecular complexity index is 632. The molecule has 0 aliphatic rings. The highest BCUT2D eigenvalue weighted by atomic mass is 79.9. The van der Waals surface area contributed by atoms with E-state index in [-0.39, 0.29) is 11.7 Å². The van der Waals surface area contributed by atoms with E-state index in [9.17, 15) is 10.1 Å². The van der Waals surface area contributed by atoms with Crippen molar-refractivity contribution in [1.82, 2.24) is 0 Å². The van der Waals surface area contributed by atoms with Crippen molar-refractivity contribution in [3.63, 3.8) is 0 Å². The molecule has 4 nitrogen and oxygen atoms in total. The lowest BCUT2D eigenvalue weighted by atomic mass is 10.1. The van der Waals surface area contributed by atoms with Crippen LogP contribution in [0, 0.1) is 10.1 Å². The van der Waals surface area contributed by atoms with Crippen LogP contribution in [-0.2, 0) is 0 Å². The van der Waals surface area contributed by atoms with Gasteiger partial charge in [0.2, 0.25) is 0 Å². The van der Waals surface area contributed by atoms with Crippen LogP contribution < -0.4 is 5.32 Å². The molecular weight excluding hydrogens is 344 g/mol. The summed E-state index contributed by atoms with van der Waals surface area (Å²) in [5.41, 5.74) is 1.93. The van der Waals surface area contributed by atoms with Crippen LogP contribution in [0.5, 0.6) is 0 Å². The fourth-order valence-electron chi connectivity index (χ4n) is 1.82. The Balaban J connectivity index is 2.17. The van der Waals surface area contributed by atoms with Crippen LogP contribution in [0.2, 0.25) is 5.02 Å². The Morgan fingerprint density at radius 2 is 1.90 bits per heavy atom. The standard InChI is InChI=1S/C14H12BrClN2O2/c1-9(10-5-7-11(8-6-10)18(19)20)17-13-4-2-3-12(16)14(13)15/h2-9,17H,1H3. The Hall–Kier alpha value is -1.59. The number of nitrogens with zero attached hydrogens (tertiary/aromatic N) is 1. The van der Waals surface area contributed by atoms with Crippen LogP contribution >= 0.6 is 27.5 Å². The number of halogens is 2. The SMILES string of the molecule is CC(Nc1cccc(Cl)c1Br)c1ccc([N+](=O)[O-])cc1. The average Bonchev–Trinajstić information content (AvgIpc) is 2.44. The first-order valence-corrected chi connectivity index (χ1v) is 7.11. The predicted molar refractivity (Wildman–Crippen MR) is 84.3 cm³/mol. The smallest absolute Gasteiger partial charge is 0.269 e. The summed E-state index contributed by atoms with van der Waals surface area (Å²) < 4.78 is 0.801. The first-order valence-electron chi connectivity index (χ1n) is 5.94. The maximum Gasteiger partial charge on any atom is 0.269 e. The zero-order valence-electron chi connectivity index (χ0n) is 10.6. The van der Waals surface area contributed by atoms with Crippen molar-refractivity contribution in [3.8, 4) is 0 Å². The van der Waals surface area contributed by atoms with Gasteiger partial charge in [0, 0.05) is 18.2 Å². The van der Waals surface area contributed by atoms with E-state index in [1.165, 1.54) is 12.1 Å². The Kier molecular flexibility index (Phi) is 4.62. The second-order valence-corrected chi connectivity index (χ2v) is 5.52. The number of hydrogen-bond acceptors (Lipinski definition) is 3. The van der Waals surface area contributed by atoms with Gasteiger partial charge in [0.25, 0.3) is 5.69 Å². The molecule has 0 bridgehead atoms. The molecule has 2 rings (SSSR count). The van der Waals surface area contributed by atoms with Gasteiger partial charge in [-0.05, 0) is 40.5 Å². The normalized spacial score (nSPS) is 11.9. The third-order valence-corrected chi connectivity index (χ3v) is 4.33. The average molecular weight is 356 g/mol. The maximum atomic E-state index is 10.6. The van der Waals surface area contributed by atoms with Crippen LogP contribution in [0.1, 0.15) is 18.5 Å². The minimum atomic E-state index is -0.407. The van der Waals surface area contributed by atoms with Crippen LogP contribution in [0.25, 0.3) is 0 Å². The molecule has 6 heteroatoms. The van der Waals surface area contributed by atoms with Gasteiger partial charge in [-0.1, -0.05) is 29.8 Å². The lowest BCUT2D eigenvalue weighted by Gasteiger charge is -2.17. The summed E-state index contributed by atoms with van der Waals surface area (Å²) in [7, 11) is 0. The van der Waals surface area contributed by atoms with E-state index >= 15 is 0 Å². The molecule has 0 aliphatic carbocycles. The minimum absolute atomic E-state index is 0.00516. The summed E-state index contributed by atoms with van der Waals surface area (Å²) in [6.45, 7) is 1.98. The number of non-ortho nitro benzene ring substituents is 1. The summed E-state index contributed by atoms with van der Waals surface area (Å²) in [6, 6.07) is 12.1. The Morgan fingerprint density at radius 1 is 1.25 bits per heavy atom. The molecule has 1 atom stereocenters. The second-order valence-electron chi connectivity index (χ2n) is 4.32. The van der Waals surface area contributed by atoms with E-state index < -0.39 is 4.92 Å². The molecule has 2 aromatic carbocycles. The summed E-state index contributed by atoms with van der Waals surface area (Å²) >= 11 is 9.47. The van der Waals surface area contributed by atoms with Crippen molar-refractivity contribution in [2.24, 2.45) is 0 Å². The van der Waals surface area contributed by atoms with Gasteiger partial charge in [-0.3, -0.25) is 10.1 Å². The predicted octanol–water partition coefficient (Wildman–Crippen LogP) is 5.18. The van der Waals surface area contributed by atoms with Gasteiger partial charge in [-0.15, -0.1) is 0 Å². The van der Waals surface area contributed by atoms with Gasteiger partial charge in [0.15, 0.2) is 0 Å². The fraction of sp³-hybridized carbons (Fsp3) is 0.143. The van der Waals surface area contributed by atoms with Crippen molar-refractivity contribution in [2.75, 3.05) is 5.32 Å². The first-order chi connectivity index (χ1) is 9.49. The number of anilines is 1. The van der Waals surface area contributed by atoms with E-state index in [1.54, 1.807) is 18.2 Å². The lowest BCUT2D eigenvalue weighted by molar-refractivity contribution is -0.384. The molecule has 0 fully saturated rings. The van der Waals surface area contributed by atoms with Crippen molar-refractivity contribution in [1.29, 1.82) is 0 Å². The summed E-state index contributed by atoms with van der Waals surface area (Å²) in [5.74, 6) is 0. The van der Waals surface area contributed by atoms with Crippen molar-refractivity contribution < 1.29 is 4.92 Å². The second kappa shape index (κ2) is 6.24. The molecule has 104 valence electrons. The summed E-state index contributed by atoms with van der Waals surface area (Å²) in [5, 5.41) is 14.6. The highest BCUT2D eigenvalue weighted by Crippen LogP contribution is 2.32. The molecule has 0 radical (unpaired) electrons. The zero-order valence-corrected chi connectivity index (χ0v) is 13.0. The van der Waals surface area contributed by atoms with E-state index in [2.05, 4.69) is 21.2 Å². The number of rotatable bonds is 4. The van der Waals surface area contributed by atoms with Gasteiger partial charge in [-0.25, -0.2) is 0 Å². The number of hydrogen-bond donors (Lipinski definition) is 1. The van der Waals surface area contributed by atoms with Crippen molar-refractivity contribution in [3.05, 3.63) is 67.6 Å². The molecule has 0 aliphatic heterocycles. The van der Waals surface area contributed by atoms with Crippen LogP contribution in [0.15, 0.2) is 46.9 Å². The Morgan fingerprint density at radius 3 is 2.50 bits per heavy atom. The molecule has 2 aromatic rings. The molecule has 1 unspecified atom stereocenters. The number of nitro groups is 1. The molecule has 0 heterocycles. The quantitative estimate of drug-likeness (QED) is 0.607. The third kappa shape index (κ3) is 3.29. The molecular formula is C14H12BrClN2O2. The first kappa shape index (κ1) is 14.8. The van der Waals surface area contributed by atoms with Gasteiger partial charge in [0.1, 0.15) is 0 Å². The van der Waals surface area contributed by atoms with E-state index in [0.29, 0.717) is 5.02 Å². The van der Waals surface area contributed by atoms with Gasteiger partial charge >= 0.3 is 0 Å². The maximum absolute atomic E-state index is 10.6. The topological polar surface area (TPSA) is 55.2 Å². The number of nitro benzene ring substituents is 1. The summed E-state index contributed by atoms with van der Waals surface area (Å²) in [6.07, 6.45) is 0. The molecule has 1 N–H and O–H groups in total.